The predicted molar refractivity (Wildman–Crippen MR) is 78.7 cm³/mol. The number of carbonyl (C=O) groups excluding carboxylic acids is 2. The largest absolute Gasteiger partial charge is 0.451 e. The Labute approximate surface area is 126 Å². The second kappa shape index (κ2) is 6.62. The summed E-state index contributed by atoms with van der Waals surface area (Å²) in [5, 5.41) is 10.6. The molecule has 0 aliphatic heterocycles. The molecule has 0 amide bonds. The summed E-state index contributed by atoms with van der Waals surface area (Å²) in [5.74, 6) is -1.01. The molecule has 2 aromatic rings. The minimum Gasteiger partial charge on any atom is -0.451 e. The molecule has 0 heterocycles. The Hall–Kier alpha value is -3.02. The Balaban J connectivity index is 2.05. The zero-order valence-electron chi connectivity index (χ0n) is 11.8. The van der Waals surface area contributed by atoms with Gasteiger partial charge in [0.1, 0.15) is 0 Å². The fourth-order valence-corrected chi connectivity index (χ4v) is 1.84. The van der Waals surface area contributed by atoms with E-state index in [0.29, 0.717) is 5.56 Å². The third-order valence-corrected chi connectivity index (χ3v) is 3.03. The van der Waals surface area contributed by atoms with Gasteiger partial charge in [0.2, 0.25) is 5.78 Å². The average Bonchev–Trinajstić information content (AvgIpc) is 2.54. The number of benzene rings is 2. The summed E-state index contributed by atoms with van der Waals surface area (Å²) < 4.78 is 5.09. The van der Waals surface area contributed by atoms with Gasteiger partial charge in [0.05, 0.1) is 10.5 Å². The van der Waals surface area contributed by atoms with Crippen LogP contribution in [0.1, 0.15) is 27.6 Å². The number of Topliss-reactive ketones (excluding diaryl/α,β-unsaturated/α-hetero) is 1. The van der Waals surface area contributed by atoms with Gasteiger partial charge in [-0.3, -0.25) is 14.9 Å². The van der Waals surface area contributed by atoms with E-state index in [1.54, 1.807) is 30.3 Å². The summed E-state index contributed by atoms with van der Waals surface area (Å²) in [5.41, 5.74) is 0.481. The van der Waals surface area contributed by atoms with Crippen molar-refractivity contribution in [2.45, 2.75) is 13.0 Å². The van der Waals surface area contributed by atoms with Crippen molar-refractivity contribution in [2.75, 3.05) is 0 Å². The molecule has 6 heteroatoms. The first-order valence-electron chi connectivity index (χ1n) is 6.53. The van der Waals surface area contributed by atoms with Crippen LogP contribution in [0.3, 0.4) is 0 Å². The molecule has 0 aliphatic rings. The van der Waals surface area contributed by atoms with Crippen molar-refractivity contribution in [1.82, 2.24) is 0 Å². The summed E-state index contributed by atoms with van der Waals surface area (Å²) in [6.45, 7) is 1.48. The van der Waals surface area contributed by atoms with Crippen molar-refractivity contribution in [3.63, 3.8) is 0 Å². The van der Waals surface area contributed by atoms with Gasteiger partial charge in [-0.05, 0) is 19.1 Å². The molecule has 0 radical (unpaired) electrons. The summed E-state index contributed by atoms with van der Waals surface area (Å²) in [4.78, 5) is 34.0. The molecule has 0 saturated carbocycles. The number of nitro benzene ring substituents is 1. The molecule has 0 spiro atoms. The van der Waals surface area contributed by atoms with Gasteiger partial charge in [0, 0.05) is 17.7 Å². The van der Waals surface area contributed by atoms with Gasteiger partial charge in [-0.1, -0.05) is 30.3 Å². The third kappa shape index (κ3) is 3.54. The highest BCUT2D eigenvalue weighted by molar-refractivity contribution is 6.01. The van der Waals surface area contributed by atoms with E-state index in [4.69, 9.17) is 4.74 Å². The molecule has 1 atom stereocenters. The summed E-state index contributed by atoms with van der Waals surface area (Å²) >= 11 is 0. The molecule has 0 unspecified atom stereocenters. The van der Waals surface area contributed by atoms with Crippen LogP contribution in [0, 0.1) is 10.1 Å². The van der Waals surface area contributed by atoms with E-state index < -0.39 is 17.0 Å². The number of hydrogen-bond donors (Lipinski definition) is 0. The van der Waals surface area contributed by atoms with Crippen molar-refractivity contribution < 1.29 is 19.2 Å². The van der Waals surface area contributed by atoms with Crippen molar-refractivity contribution in [3.05, 3.63) is 75.8 Å². The zero-order valence-corrected chi connectivity index (χ0v) is 11.8. The number of carbonyl (C=O) groups is 2. The van der Waals surface area contributed by atoms with Crippen LogP contribution < -0.4 is 0 Å². The normalized spacial score (nSPS) is 11.5. The maximum absolute atomic E-state index is 12.1. The quantitative estimate of drug-likeness (QED) is 0.366. The van der Waals surface area contributed by atoms with E-state index in [0.717, 1.165) is 0 Å². The van der Waals surface area contributed by atoms with Gasteiger partial charge in [-0.15, -0.1) is 0 Å². The van der Waals surface area contributed by atoms with Gasteiger partial charge in [-0.2, -0.15) is 0 Å². The van der Waals surface area contributed by atoms with Gasteiger partial charge < -0.3 is 4.74 Å². The van der Waals surface area contributed by atoms with Crippen LogP contribution in [0.25, 0.3) is 0 Å². The molecule has 0 aliphatic carbocycles. The number of esters is 1. The van der Waals surface area contributed by atoms with Crippen molar-refractivity contribution in [2.24, 2.45) is 0 Å². The average molecular weight is 299 g/mol. The van der Waals surface area contributed by atoms with E-state index in [1.807, 2.05) is 0 Å². The standard InChI is InChI=1S/C16H13NO5/c1-11(15(18)12-5-3-2-4-6-12)22-16(19)13-7-9-14(10-8-13)17(20)21/h2-11H,1H3/t11-/m0/s1. The summed E-state index contributed by atoms with van der Waals surface area (Å²) in [6, 6.07) is 13.5. The van der Waals surface area contributed by atoms with Crippen LogP contribution in [0.15, 0.2) is 54.6 Å². The third-order valence-electron chi connectivity index (χ3n) is 3.03. The Kier molecular flexibility index (Phi) is 4.63. The smallest absolute Gasteiger partial charge is 0.338 e. The number of non-ortho nitro benzene ring substituents is 1. The van der Waals surface area contributed by atoms with Gasteiger partial charge in [-0.25, -0.2) is 4.79 Å². The lowest BCUT2D eigenvalue weighted by atomic mass is 10.1. The van der Waals surface area contributed by atoms with Crippen molar-refractivity contribution in [1.29, 1.82) is 0 Å². The number of nitrogens with zero attached hydrogens (tertiary/aromatic N) is 1. The van der Waals surface area contributed by atoms with Crippen molar-refractivity contribution >= 4 is 17.4 Å². The molecule has 0 saturated heterocycles. The van der Waals surface area contributed by atoms with Crippen molar-refractivity contribution in [3.8, 4) is 0 Å². The fourth-order valence-electron chi connectivity index (χ4n) is 1.84. The Morgan fingerprint density at radius 3 is 2.14 bits per heavy atom. The van der Waals surface area contributed by atoms with Crippen LogP contribution in [0.5, 0.6) is 0 Å². The number of nitro groups is 1. The lowest BCUT2D eigenvalue weighted by Gasteiger charge is -2.12. The number of rotatable bonds is 5. The highest BCUT2D eigenvalue weighted by Crippen LogP contribution is 2.14. The maximum Gasteiger partial charge on any atom is 0.338 e. The first-order chi connectivity index (χ1) is 10.5. The van der Waals surface area contributed by atoms with E-state index >= 15 is 0 Å². The topological polar surface area (TPSA) is 86.5 Å². The number of hydrogen-bond acceptors (Lipinski definition) is 5. The van der Waals surface area contributed by atoms with Gasteiger partial charge in [0.25, 0.3) is 5.69 Å². The molecule has 0 N–H and O–H groups in total. The minimum atomic E-state index is -0.940. The first-order valence-corrected chi connectivity index (χ1v) is 6.53. The molecular formula is C16H13NO5. The van der Waals surface area contributed by atoms with Crippen LogP contribution >= 0.6 is 0 Å². The molecule has 0 bridgehead atoms. The Bertz CT molecular complexity index is 694. The molecule has 6 nitrogen and oxygen atoms in total. The molecule has 112 valence electrons. The Morgan fingerprint density at radius 2 is 1.59 bits per heavy atom. The Morgan fingerprint density at radius 1 is 1.00 bits per heavy atom. The van der Waals surface area contributed by atoms with Crippen LogP contribution in [0.4, 0.5) is 5.69 Å². The highest BCUT2D eigenvalue weighted by Gasteiger charge is 2.20. The molecule has 22 heavy (non-hydrogen) atoms. The molecular weight excluding hydrogens is 286 g/mol. The number of ether oxygens (including phenoxy) is 1. The minimum absolute atomic E-state index is 0.120. The summed E-state index contributed by atoms with van der Waals surface area (Å²) in [7, 11) is 0. The lowest BCUT2D eigenvalue weighted by molar-refractivity contribution is -0.384. The van der Waals surface area contributed by atoms with Gasteiger partial charge >= 0.3 is 5.97 Å². The van der Waals surface area contributed by atoms with E-state index in [9.17, 15) is 19.7 Å². The monoisotopic (exact) mass is 299 g/mol. The van der Waals surface area contributed by atoms with Gasteiger partial charge in [0.15, 0.2) is 6.10 Å². The lowest BCUT2D eigenvalue weighted by Crippen LogP contribution is -2.24. The first kappa shape index (κ1) is 15.4. The fraction of sp³-hybridized carbons (Fsp3) is 0.125. The van der Waals surface area contributed by atoms with Crippen LogP contribution in [-0.2, 0) is 4.74 Å². The molecule has 2 aromatic carbocycles. The van der Waals surface area contributed by atoms with E-state index in [2.05, 4.69) is 0 Å². The van der Waals surface area contributed by atoms with Crippen LogP contribution in [-0.4, -0.2) is 22.8 Å². The second-order valence-electron chi connectivity index (χ2n) is 4.58. The molecule has 2 rings (SSSR count). The maximum atomic E-state index is 12.1. The zero-order chi connectivity index (χ0) is 16.1. The molecule has 0 fully saturated rings. The number of ketones is 1. The highest BCUT2D eigenvalue weighted by atomic mass is 16.6. The second-order valence-corrected chi connectivity index (χ2v) is 4.58. The van der Waals surface area contributed by atoms with E-state index in [-0.39, 0.29) is 17.0 Å². The SMILES string of the molecule is C[C@H](OC(=O)c1ccc([N+](=O)[O-])cc1)C(=O)c1ccccc1. The van der Waals surface area contributed by atoms with E-state index in [1.165, 1.54) is 31.2 Å². The predicted octanol–water partition coefficient (Wildman–Crippen LogP) is 3.02. The molecule has 0 aromatic heterocycles. The van der Waals surface area contributed by atoms with Crippen LogP contribution in [0.2, 0.25) is 0 Å². The summed E-state index contributed by atoms with van der Waals surface area (Å²) in [6.07, 6.45) is -0.940.